The minimum Gasteiger partial charge on any atom is -0.379 e. The van der Waals surface area contributed by atoms with E-state index in [1.807, 2.05) is 6.07 Å². The molecule has 160 valence electrons. The number of sulfonamides is 1. The fourth-order valence-corrected chi connectivity index (χ4v) is 6.25. The van der Waals surface area contributed by atoms with Crippen LogP contribution in [-0.4, -0.2) is 50.7 Å². The second-order valence-electron chi connectivity index (χ2n) is 7.00. The van der Waals surface area contributed by atoms with E-state index in [4.69, 9.17) is 16.3 Å². The lowest BCUT2D eigenvalue weighted by molar-refractivity contribution is 0.0730. The molecule has 1 atom stereocenters. The van der Waals surface area contributed by atoms with Crippen LogP contribution in [0.5, 0.6) is 0 Å². The Morgan fingerprint density at radius 3 is 2.73 bits per heavy atom. The van der Waals surface area contributed by atoms with Gasteiger partial charge in [0.05, 0.1) is 29.7 Å². The average Bonchev–Trinajstić information content (AvgIpc) is 2.75. The van der Waals surface area contributed by atoms with E-state index in [1.54, 1.807) is 23.9 Å². The van der Waals surface area contributed by atoms with Gasteiger partial charge in [-0.25, -0.2) is 12.8 Å². The van der Waals surface area contributed by atoms with Gasteiger partial charge in [-0.3, -0.25) is 4.79 Å². The van der Waals surface area contributed by atoms with Crippen LogP contribution in [0.15, 0.2) is 46.2 Å². The van der Waals surface area contributed by atoms with Gasteiger partial charge in [0.25, 0.3) is 5.91 Å². The highest BCUT2D eigenvalue weighted by molar-refractivity contribution is 7.99. The summed E-state index contributed by atoms with van der Waals surface area (Å²) in [5, 5.41) is 3.39. The zero-order chi connectivity index (χ0) is 21.3. The van der Waals surface area contributed by atoms with Crippen molar-refractivity contribution in [2.24, 2.45) is 0 Å². The number of carbonyl (C=O) groups excluding carboxylic acids is 1. The van der Waals surface area contributed by atoms with Crippen molar-refractivity contribution in [1.82, 2.24) is 9.62 Å². The first-order valence-electron chi connectivity index (χ1n) is 9.47. The summed E-state index contributed by atoms with van der Waals surface area (Å²) < 4.78 is 46.6. The zero-order valence-corrected chi connectivity index (χ0v) is 18.3. The van der Waals surface area contributed by atoms with Crippen molar-refractivity contribution >= 4 is 39.3 Å². The molecular formula is C20H20ClFN2O4S2. The molecule has 30 heavy (non-hydrogen) atoms. The largest absolute Gasteiger partial charge is 0.379 e. The monoisotopic (exact) mass is 470 g/mol. The standard InChI is InChI=1S/C20H20ClFN2O4S2/c21-13-1-4-19-16(11-13)18(5-10-29-19)23-20(25)15-12-14(2-3-17(15)22)30(26,27)24-6-8-28-9-7-24/h1-4,11-12,18H,5-10H2,(H,23,25)/t18-/m1/s1. The molecule has 0 aliphatic carbocycles. The molecule has 0 saturated carbocycles. The summed E-state index contributed by atoms with van der Waals surface area (Å²) in [7, 11) is -3.84. The third-order valence-electron chi connectivity index (χ3n) is 5.11. The minimum atomic E-state index is -3.84. The van der Waals surface area contributed by atoms with Crippen molar-refractivity contribution in [1.29, 1.82) is 0 Å². The smallest absolute Gasteiger partial charge is 0.254 e. The Labute approximate surface area is 183 Å². The molecule has 2 aromatic carbocycles. The number of nitrogens with zero attached hydrogens (tertiary/aromatic N) is 1. The number of hydrogen-bond donors (Lipinski definition) is 1. The number of benzene rings is 2. The van der Waals surface area contributed by atoms with Gasteiger partial charge in [-0.05, 0) is 48.4 Å². The van der Waals surface area contributed by atoms with Crippen LogP contribution in [0.4, 0.5) is 4.39 Å². The lowest BCUT2D eigenvalue weighted by atomic mass is 10.0. The Morgan fingerprint density at radius 1 is 1.20 bits per heavy atom. The molecule has 0 radical (unpaired) electrons. The van der Waals surface area contributed by atoms with Gasteiger partial charge in [-0.15, -0.1) is 11.8 Å². The van der Waals surface area contributed by atoms with Crippen molar-refractivity contribution in [2.45, 2.75) is 22.3 Å². The molecule has 1 saturated heterocycles. The number of rotatable bonds is 4. The molecule has 1 N–H and O–H groups in total. The Balaban J connectivity index is 1.60. The molecule has 1 amide bonds. The maximum absolute atomic E-state index is 14.5. The highest BCUT2D eigenvalue weighted by Crippen LogP contribution is 2.37. The summed E-state index contributed by atoms with van der Waals surface area (Å²) >= 11 is 7.77. The fraction of sp³-hybridized carbons (Fsp3) is 0.350. The van der Waals surface area contributed by atoms with Crippen molar-refractivity contribution in [3.05, 3.63) is 58.4 Å². The normalized spacial score (nSPS) is 19.9. The maximum atomic E-state index is 14.5. The number of fused-ring (bicyclic) bond motifs is 1. The van der Waals surface area contributed by atoms with Crippen LogP contribution in [0.3, 0.4) is 0 Å². The number of thioether (sulfide) groups is 1. The molecule has 10 heteroatoms. The number of nitrogens with one attached hydrogen (secondary N) is 1. The van der Waals surface area contributed by atoms with E-state index in [2.05, 4.69) is 5.32 Å². The van der Waals surface area contributed by atoms with Crippen LogP contribution >= 0.6 is 23.4 Å². The van der Waals surface area contributed by atoms with E-state index in [9.17, 15) is 17.6 Å². The zero-order valence-electron chi connectivity index (χ0n) is 15.9. The lowest BCUT2D eigenvalue weighted by Gasteiger charge is -2.27. The Morgan fingerprint density at radius 2 is 1.97 bits per heavy atom. The van der Waals surface area contributed by atoms with Crippen LogP contribution in [0.25, 0.3) is 0 Å². The number of amides is 1. The van der Waals surface area contributed by atoms with E-state index in [1.165, 1.54) is 10.4 Å². The van der Waals surface area contributed by atoms with Gasteiger partial charge in [-0.1, -0.05) is 11.6 Å². The number of carbonyl (C=O) groups is 1. The number of morpholine rings is 1. The molecule has 0 spiro atoms. The molecule has 0 unspecified atom stereocenters. The maximum Gasteiger partial charge on any atom is 0.254 e. The van der Waals surface area contributed by atoms with Gasteiger partial charge in [0, 0.05) is 28.8 Å². The third-order valence-corrected chi connectivity index (χ3v) is 8.36. The van der Waals surface area contributed by atoms with E-state index in [0.29, 0.717) is 24.7 Å². The molecule has 2 aliphatic heterocycles. The van der Waals surface area contributed by atoms with Gasteiger partial charge in [0.15, 0.2) is 0 Å². The number of hydrogen-bond acceptors (Lipinski definition) is 5. The first-order valence-corrected chi connectivity index (χ1v) is 12.3. The number of halogens is 2. The first kappa shape index (κ1) is 21.6. The molecule has 2 aromatic rings. The molecule has 4 rings (SSSR count). The first-order chi connectivity index (χ1) is 14.4. The summed E-state index contributed by atoms with van der Waals surface area (Å²) in [6, 6.07) is 8.46. The average molecular weight is 471 g/mol. The van der Waals surface area contributed by atoms with E-state index >= 15 is 0 Å². The van der Waals surface area contributed by atoms with Crippen LogP contribution in [0.1, 0.15) is 28.4 Å². The second-order valence-corrected chi connectivity index (χ2v) is 10.5. The summed E-state index contributed by atoms with van der Waals surface area (Å²) in [6.07, 6.45) is 0.664. The molecule has 0 bridgehead atoms. The van der Waals surface area contributed by atoms with Crippen LogP contribution in [0, 0.1) is 5.82 Å². The van der Waals surface area contributed by atoms with Crippen LogP contribution in [-0.2, 0) is 14.8 Å². The van der Waals surface area contributed by atoms with E-state index in [0.717, 1.165) is 28.3 Å². The lowest BCUT2D eigenvalue weighted by Crippen LogP contribution is -2.40. The molecule has 2 heterocycles. The van der Waals surface area contributed by atoms with Gasteiger partial charge >= 0.3 is 0 Å². The fourth-order valence-electron chi connectivity index (χ4n) is 3.53. The third kappa shape index (κ3) is 4.36. The topological polar surface area (TPSA) is 75.7 Å². The van der Waals surface area contributed by atoms with Gasteiger partial charge < -0.3 is 10.1 Å². The quantitative estimate of drug-likeness (QED) is 0.740. The SMILES string of the molecule is O=C(N[C@@H]1CCSc2ccc(Cl)cc21)c1cc(S(=O)(=O)N2CCOCC2)ccc1F. The number of ether oxygens (including phenoxy) is 1. The molecule has 6 nitrogen and oxygen atoms in total. The molecule has 2 aliphatic rings. The van der Waals surface area contributed by atoms with Crippen molar-refractivity contribution < 1.29 is 22.3 Å². The van der Waals surface area contributed by atoms with Gasteiger partial charge in [0.2, 0.25) is 10.0 Å². The minimum absolute atomic E-state index is 0.112. The van der Waals surface area contributed by atoms with E-state index in [-0.39, 0.29) is 29.6 Å². The van der Waals surface area contributed by atoms with E-state index < -0.39 is 21.7 Å². The highest BCUT2D eigenvalue weighted by atomic mass is 35.5. The predicted molar refractivity (Wildman–Crippen MR) is 113 cm³/mol. The summed E-state index contributed by atoms with van der Waals surface area (Å²) in [5.74, 6) is -0.632. The summed E-state index contributed by atoms with van der Waals surface area (Å²) in [4.78, 5) is 13.8. The Bertz CT molecular complexity index is 1070. The van der Waals surface area contributed by atoms with Crippen molar-refractivity contribution in [2.75, 3.05) is 32.1 Å². The Kier molecular flexibility index (Phi) is 6.36. The molecular weight excluding hydrogens is 451 g/mol. The predicted octanol–water partition coefficient (Wildman–Crippen LogP) is 3.47. The van der Waals surface area contributed by atoms with Crippen molar-refractivity contribution in [3.63, 3.8) is 0 Å². The highest BCUT2D eigenvalue weighted by Gasteiger charge is 2.29. The summed E-state index contributed by atoms with van der Waals surface area (Å²) in [6.45, 7) is 1.04. The summed E-state index contributed by atoms with van der Waals surface area (Å²) in [5.41, 5.74) is 0.579. The van der Waals surface area contributed by atoms with Gasteiger partial charge in [-0.2, -0.15) is 4.31 Å². The molecule has 0 aromatic heterocycles. The van der Waals surface area contributed by atoms with Crippen LogP contribution in [0.2, 0.25) is 5.02 Å². The molecule has 1 fully saturated rings. The van der Waals surface area contributed by atoms with Crippen LogP contribution < -0.4 is 5.32 Å². The van der Waals surface area contributed by atoms with Gasteiger partial charge in [0.1, 0.15) is 5.82 Å². The van der Waals surface area contributed by atoms with Crippen molar-refractivity contribution in [3.8, 4) is 0 Å². The second kappa shape index (κ2) is 8.84. The Hall–Kier alpha value is -1.65.